The van der Waals surface area contributed by atoms with Gasteiger partial charge in [-0.05, 0) is 25.3 Å². The van der Waals surface area contributed by atoms with Crippen molar-refractivity contribution in [3.8, 4) is 0 Å². The maximum absolute atomic E-state index is 5.68. The van der Waals surface area contributed by atoms with Crippen molar-refractivity contribution in [1.82, 2.24) is 9.55 Å². The number of aryl methyl sites for hydroxylation is 3. The zero-order valence-electron chi connectivity index (χ0n) is 9.77. The predicted octanol–water partition coefficient (Wildman–Crippen LogP) is 2.10. The van der Waals surface area contributed by atoms with Gasteiger partial charge < -0.3 is 10.3 Å². The maximum atomic E-state index is 5.68. The fourth-order valence-electron chi connectivity index (χ4n) is 1.72. The molecule has 2 N–H and O–H groups in total. The van der Waals surface area contributed by atoms with Gasteiger partial charge in [0, 0.05) is 12.7 Å². The molecule has 0 bridgehead atoms. The van der Waals surface area contributed by atoms with Crippen molar-refractivity contribution in [3.05, 3.63) is 47.3 Å². The van der Waals surface area contributed by atoms with Crippen LogP contribution in [0.4, 0.5) is 5.95 Å². The molecule has 0 unspecified atom stereocenters. The molecule has 2 rings (SSSR count). The van der Waals surface area contributed by atoms with Gasteiger partial charge in [-0.2, -0.15) is 0 Å². The van der Waals surface area contributed by atoms with Crippen molar-refractivity contribution >= 4 is 5.95 Å². The molecule has 0 saturated heterocycles. The average Bonchev–Trinajstić information content (AvgIpc) is 2.60. The lowest BCUT2D eigenvalue weighted by Gasteiger charge is -2.04. The number of hydrogen-bond acceptors (Lipinski definition) is 2. The van der Waals surface area contributed by atoms with Gasteiger partial charge in [0.25, 0.3) is 0 Å². The highest BCUT2D eigenvalue weighted by Crippen LogP contribution is 2.10. The van der Waals surface area contributed by atoms with E-state index >= 15 is 0 Å². The largest absolute Gasteiger partial charge is 0.369 e. The van der Waals surface area contributed by atoms with Crippen molar-refractivity contribution in [1.29, 1.82) is 0 Å². The Morgan fingerprint density at radius 1 is 1.19 bits per heavy atom. The molecule has 0 radical (unpaired) electrons. The highest BCUT2D eigenvalue weighted by atomic mass is 15.1. The van der Waals surface area contributed by atoms with E-state index in [4.69, 9.17) is 5.73 Å². The zero-order valence-corrected chi connectivity index (χ0v) is 9.77. The van der Waals surface area contributed by atoms with Crippen molar-refractivity contribution < 1.29 is 0 Å². The fraction of sp³-hybridized carbons (Fsp3) is 0.308. The van der Waals surface area contributed by atoms with E-state index in [0.29, 0.717) is 5.95 Å². The fourth-order valence-corrected chi connectivity index (χ4v) is 1.72. The normalized spacial score (nSPS) is 10.6. The van der Waals surface area contributed by atoms with Crippen LogP contribution in [0.5, 0.6) is 0 Å². The third-order valence-electron chi connectivity index (χ3n) is 2.91. The average molecular weight is 215 g/mol. The summed E-state index contributed by atoms with van der Waals surface area (Å²) in [5.41, 5.74) is 9.51. The Morgan fingerprint density at radius 3 is 2.44 bits per heavy atom. The first-order valence-corrected chi connectivity index (χ1v) is 5.48. The summed E-state index contributed by atoms with van der Waals surface area (Å²) in [6.45, 7) is 2.10. The second-order valence-corrected chi connectivity index (χ2v) is 4.15. The molecule has 3 nitrogen and oxygen atoms in total. The lowest BCUT2D eigenvalue weighted by atomic mass is 10.1. The minimum absolute atomic E-state index is 0.582. The molecule has 0 spiro atoms. The van der Waals surface area contributed by atoms with Crippen molar-refractivity contribution in [2.45, 2.75) is 19.8 Å². The monoisotopic (exact) mass is 215 g/mol. The van der Waals surface area contributed by atoms with Crippen LogP contribution in [-0.4, -0.2) is 9.55 Å². The second kappa shape index (κ2) is 4.39. The Morgan fingerprint density at radius 2 is 1.88 bits per heavy atom. The van der Waals surface area contributed by atoms with Gasteiger partial charge >= 0.3 is 0 Å². The van der Waals surface area contributed by atoms with Crippen LogP contribution in [0.1, 0.15) is 16.8 Å². The summed E-state index contributed by atoms with van der Waals surface area (Å²) in [5.74, 6) is 0.582. The van der Waals surface area contributed by atoms with Gasteiger partial charge in [-0.15, -0.1) is 0 Å². The van der Waals surface area contributed by atoms with E-state index in [-0.39, 0.29) is 0 Å². The Kier molecular flexibility index (Phi) is 2.95. The number of nitrogens with two attached hydrogens (primary N) is 1. The van der Waals surface area contributed by atoms with Crippen LogP contribution in [0.25, 0.3) is 0 Å². The van der Waals surface area contributed by atoms with Crippen LogP contribution in [0.2, 0.25) is 0 Å². The molecule has 16 heavy (non-hydrogen) atoms. The number of aromatic nitrogens is 2. The van der Waals surface area contributed by atoms with Crippen molar-refractivity contribution in [3.63, 3.8) is 0 Å². The number of hydrogen-bond donors (Lipinski definition) is 1. The third-order valence-corrected chi connectivity index (χ3v) is 2.91. The van der Waals surface area contributed by atoms with Gasteiger partial charge in [0.2, 0.25) is 0 Å². The molecular formula is C13H17N3. The summed E-state index contributed by atoms with van der Waals surface area (Å²) in [4.78, 5) is 4.08. The van der Waals surface area contributed by atoms with Crippen LogP contribution in [0.15, 0.2) is 30.5 Å². The summed E-state index contributed by atoms with van der Waals surface area (Å²) in [5, 5.41) is 0. The van der Waals surface area contributed by atoms with E-state index < -0.39 is 0 Å². The molecule has 0 aliphatic rings. The second-order valence-electron chi connectivity index (χ2n) is 4.15. The lowest BCUT2D eigenvalue weighted by molar-refractivity contribution is 0.807. The van der Waals surface area contributed by atoms with E-state index in [1.165, 1.54) is 16.8 Å². The van der Waals surface area contributed by atoms with E-state index in [0.717, 1.165) is 12.8 Å². The molecular weight excluding hydrogens is 198 g/mol. The van der Waals surface area contributed by atoms with Crippen molar-refractivity contribution in [2.24, 2.45) is 7.05 Å². The number of benzene rings is 1. The molecule has 0 amide bonds. The summed E-state index contributed by atoms with van der Waals surface area (Å²) in [6.07, 6.45) is 3.85. The lowest BCUT2D eigenvalue weighted by Crippen LogP contribution is -2.02. The Hall–Kier alpha value is -1.77. The molecule has 84 valence electrons. The highest BCUT2D eigenvalue weighted by Gasteiger charge is 2.03. The zero-order chi connectivity index (χ0) is 11.5. The maximum Gasteiger partial charge on any atom is 0.200 e. The first-order valence-electron chi connectivity index (χ1n) is 5.48. The third kappa shape index (κ3) is 2.24. The molecule has 1 aromatic carbocycles. The minimum Gasteiger partial charge on any atom is -0.369 e. The van der Waals surface area contributed by atoms with Gasteiger partial charge in [0.15, 0.2) is 5.95 Å². The van der Waals surface area contributed by atoms with Gasteiger partial charge in [0.05, 0.1) is 6.20 Å². The first kappa shape index (κ1) is 10.7. The number of nitrogen functional groups attached to an aromatic ring is 1. The van der Waals surface area contributed by atoms with E-state index in [9.17, 15) is 0 Å². The Labute approximate surface area is 95.9 Å². The smallest absolute Gasteiger partial charge is 0.200 e. The SMILES string of the molecule is Cc1ccc(CCc2cnc(N)n2C)cc1. The molecule has 0 aliphatic heterocycles. The quantitative estimate of drug-likeness (QED) is 0.852. The van der Waals surface area contributed by atoms with Gasteiger partial charge in [-0.25, -0.2) is 4.98 Å². The van der Waals surface area contributed by atoms with Crippen LogP contribution in [-0.2, 0) is 19.9 Å². The van der Waals surface area contributed by atoms with Gasteiger partial charge in [-0.3, -0.25) is 0 Å². The minimum atomic E-state index is 0.582. The molecule has 0 saturated carbocycles. The van der Waals surface area contributed by atoms with E-state index in [2.05, 4.69) is 36.2 Å². The molecule has 0 fully saturated rings. The number of imidazole rings is 1. The number of nitrogens with zero attached hydrogens (tertiary/aromatic N) is 2. The molecule has 0 aliphatic carbocycles. The topological polar surface area (TPSA) is 43.8 Å². The summed E-state index contributed by atoms with van der Waals surface area (Å²) >= 11 is 0. The first-order chi connectivity index (χ1) is 7.66. The van der Waals surface area contributed by atoms with Gasteiger partial charge in [0.1, 0.15) is 0 Å². The molecule has 0 atom stereocenters. The summed E-state index contributed by atoms with van der Waals surface area (Å²) in [7, 11) is 1.95. The molecule has 2 aromatic rings. The van der Waals surface area contributed by atoms with E-state index in [1.807, 2.05) is 17.8 Å². The predicted molar refractivity (Wildman–Crippen MR) is 66.2 cm³/mol. The number of rotatable bonds is 3. The van der Waals surface area contributed by atoms with Crippen LogP contribution < -0.4 is 5.73 Å². The summed E-state index contributed by atoms with van der Waals surface area (Å²) in [6, 6.07) is 8.64. The Balaban J connectivity index is 2.02. The number of anilines is 1. The van der Waals surface area contributed by atoms with E-state index in [1.54, 1.807) is 0 Å². The molecule has 3 heteroatoms. The Bertz CT molecular complexity index is 468. The highest BCUT2D eigenvalue weighted by molar-refractivity contribution is 5.25. The van der Waals surface area contributed by atoms with Crippen LogP contribution in [0.3, 0.4) is 0 Å². The molecule has 1 heterocycles. The van der Waals surface area contributed by atoms with Crippen molar-refractivity contribution in [2.75, 3.05) is 5.73 Å². The van der Waals surface area contributed by atoms with Crippen LogP contribution >= 0.6 is 0 Å². The van der Waals surface area contributed by atoms with Crippen LogP contribution in [0, 0.1) is 6.92 Å². The standard InChI is InChI=1S/C13H17N3/c1-10-3-5-11(6-4-10)7-8-12-9-15-13(14)16(12)2/h3-6,9H,7-8H2,1-2H3,(H2,14,15). The van der Waals surface area contributed by atoms with Gasteiger partial charge in [-0.1, -0.05) is 29.8 Å². The molecule has 1 aromatic heterocycles. The summed E-state index contributed by atoms with van der Waals surface area (Å²) < 4.78 is 1.94.